The third-order valence-electron chi connectivity index (χ3n) is 3.66. The molecule has 0 saturated carbocycles. The first-order valence-corrected chi connectivity index (χ1v) is 7.63. The minimum atomic E-state index is 0.557. The maximum Gasteiger partial charge on any atom is 0.0366 e. The zero-order valence-electron chi connectivity index (χ0n) is 13.2. The van der Waals surface area contributed by atoms with Gasteiger partial charge in [0.2, 0.25) is 0 Å². The van der Waals surface area contributed by atoms with Crippen LogP contribution in [0.2, 0.25) is 0 Å². The van der Waals surface area contributed by atoms with E-state index in [1.807, 2.05) is 0 Å². The summed E-state index contributed by atoms with van der Waals surface area (Å²) in [6.45, 7) is 14.4. The number of hydrogen-bond donors (Lipinski definition) is 1. The molecule has 0 aliphatic carbocycles. The van der Waals surface area contributed by atoms with Crippen LogP contribution in [0.5, 0.6) is 0 Å². The highest BCUT2D eigenvalue weighted by Gasteiger charge is 2.16. The second-order valence-electron chi connectivity index (χ2n) is 5.68. The van der Waals surface area contributed by atoms with E-state index in [-0.39, 0.29) is 0 Å². The van der Waals surface area contributed by atoms with Crippen LogP contribution in [-0.2, 0) is 0 Å². The van der Waals surface area contributed by atoms with Crippen molar-refractivity contribution in [3.63, 3.8) is 0 Å². The predicted molar refractivity (Wildman–Crippen MR) is 86.0 cm³/mol. The maximum absolute atomic E-state index is 3.67. The fourth-order valence-electron chi connectivity index (χ4n) is 2.25. The van der Waals surface area contributed by atoms with Crippen molar-refractivity contribution in [2.24, 2.45) is 5.92 Å². The van der Waals surface area contributed by atoms with E-state index in [2.05, 4.69) is 69.1 Å². The van der Waals surface area contributed by atoms with Crippen LogP contribution in [0.4, 0.5) is 5.69 Å². The number of nitrogens with zero attached hydrogens (tertiary/aromatic N) is 1. The van der Waals surface area contributed by atoms with Gasteiger partial charge in [-0.25, -0.2) is 0 Å². The topological polar surface area (TPSA) is 15.3 Å². The van der Waals surface area contributed by atoms with Gasteiger partial charge in [-0.15, -0.1) is 0 Å². The summed E-state index contributed by atoms with van der Waals surface area (Å²) in [5, 5.41) is 3.67. The van der Waals surface area contributed by atoms with Gasteiger partial charge in [-0.1, -0.05) is 38.5 Å². The van der Waals surface area contributed by atoms with Crippen molar-refractivity contribution in [3.05, 3.63) is 29.8 Å². The van der Waals surface area contributed by atoms with Crippen molar-refractivity contribution >= 4 is 5.69 Å². The van der Waals surface area contributed by atoms with E-state index in [4.69, 9.17) is 0 Å². The van der Waals surface area contributed by atoms with Gasteiger partial charge in [0.05, 0.1) is 0 Å². The van der Waals surface area contributed by atoms with Crippen molar-refractivity contribution in [3.8, 4) is 0 Å². The third kappa shape index (κ3) is 5.23. The second-order valence-corrected chi connectivity index (χ2v) is 5.68. The van der Waals surface area contributed by atoms with Gasteiger partial charge in [0.1, 0.15) is 0 Å². The lowest BCUT2D eigenvalue weighted by molar-refractivity contribution is 0.398. The molecule has 0 spiro atoms. The van der Waals surface area contributed by atoms with E-state index in [9.17, 15) is 0 Å². The average Bonchev–Trinajstić information content (AvgIpc) is 2.40. The molecule has 0 saturated heterocycles. The molecular formula is C17H30N2. The molecule has 1 aromatic carbocycles. The summed E-state index contributed by atoms with van der Waals surface area (Å²) in [6, 6.07) is 9.41. The Morgan fingerprint density at radius 1 is 1.11 bits per heavy atom. The standard InChI is InChI=1S/C17H30N2/c1-6-12-18-17(14(3)4)13-19(7-2)16-10-8-15(5)9-11-16/h8-11,14,17-18H,6-7,12-13H2,1-5H3. The summed E-state index contributed by atoms with van der Waals surface area (Å²) in [6.07, 6.45) is 1.19. The van der Waals surface area contributed by atoms with E-state index >= 15 is 0 Å². The Hall–Kier alpha value is -1.02. The lowest BCUT2D eigenvalue weighted by Gasteiger charge is -2.31. The molecule has 1 aromatic rings. The van der Waals surface area contributed by atoms with Gasteiger partial charge in [-0.05, 0) is 44.9 Å². The van der Waals surface area contributed by atoms with Crippen LogP contribution in [-0.4, -0.2) is 25.7 Å². The van der Waals surface area contributed by atoms with Crippen LogP contribution < -0.4 is 10.2 Å². The molecule has 0 heterocycles. The first kappa shape index (κ1) is 16.0. The molecule has 1 atom stereocenters. The summed E-state index contributed by atoms with van der Waals surface area (Å²) < 4.78 is 0. The molecule has 0 fully saturated rings. The van der Waals surface area contributed by atoms with Crippen molar-refractivity contribution in [1.29, 1.82) is 0 Å². The number of rotatable bonds is 8. The summed E-state index contributed by atoms with van der Waals surface area (Å²) in [7, 11) is 0. The van der Waals surface area contributed by atoms with Gasteiger partial charge in [0.25, 0.3) is 0 Å². The quantitative estimate of drug-likeness (QED) is 0.765. The van der Waals surface area contributed by atoms with Crippen molar-refractivity contribution < 1.29 is 0 Å². The summed E-state index contributed by atoms with van der Waals surface area (Å²) in [4.78, 5) is 2.47. The first-order valence-electron chi connectivity index (χ1n) is 7.63. The van der Waals surface area contributed by atoms with Crippen LogP contribution in [0.15, 0.2) is 24.3 Å². The fourth-order valence-corrected chi connectivity index (χ4v) is 2.25. The molecule has 0 aliphatic heterocycles. The van der Waals surface area contributed by atoms with Crippen LogP contribution in [0.1, 0.15) is 39.7 Å². The normalized spacial score (nSPS) is 12.7. The minimum Gasteiger partial charge on any atom is -0.370 e. The highest BCUT2D eigenvalue weighted by Crippen LogP contribution is 2.16. The number of nitrogens with one attached hydrogen (secondary N) is 1. The zero-order chi connectivity index (χ0) is 14.3. The SMILES string of the molecule is CCCNC(CN(CC)c1ccc(C)cc1)C(C)C. The smallest absolute Gasteiger partial charge is 0.0366 e. The molecule has 0 bridgehead atoms. The lowest BCUT2D eigenvalue weighted by atomic mass is 10.0. The van der Waals surface area contributed by atoms with E-state index in [1.165, 1.54) is 17.7 Å². The molecule has 2 nitrogen and oxygen atoms in total. The van der Waals surface area contributed by atoms with Crippen LogP contribution in [0, 0.1) is 12.8 Å². The van der Waals surface area contributed by atoms with Crippen LogP contribution >= 0.6 is 0 Å². The van der Waals surface area contributed by atoms with E-state index < -0.39 is 0 Å². The van der Waals surface area contributed by atoms with Gasteiger partial charge in [0.15, 0.2) is 0 Å². The largest absolute Gasteiger partial charge is 0.370 e. The molecule has 2 heteroatoms. The molecule has 108 valence electrons. The van der Waals surface area contributed by atoms with Crippen molar-refractivity contribution in [1.82, 2.24) is 5.32 Å². The Morgan fingerprint density at radius 3 is 2.21 bits per heavy atom. The Bertz CT molecular complexity index is 343. The number of likely N-dealkylation sites (N-methyl/N-ethyl adjacent to an activating group) is 1. The van der Waals surface area contributed by atoms with Gasteiger partial charge in [-0.3, -0.25) is 0 Å². The second kappa shape index (κ2) is 8.21. The monoisotopic (exact) mass is 262 g/mol. The average molecular weight is 262 g/mol. The van der Waals surface area contributed by atoms with Gasteiger partial charge in [-0.2, -0.15) is 0 Å². The molecule has 0 aromatic heterocycles. The summed E-state index contributed by atoms with van der Waals surface area (Å²) in [5.74, 6) is 0.658. The van der Waals surface area contributed by atoms with Crippen LogP contribution in [0.25, 0.3) is 0 Å². The third-order valence-corrected chi connectivity index (χ3v) is 3.66. The van der Waals surface area contributed by atoms with Gasteiger partial charge < -0.3 is 10.2 Å². The lowest BCUT2D eigenvalue weighted by Crippen LogP contribution is -2.44. The Morgan fingerprint density at radius 2 is 1.74 bits per heavy atom. The highest BCUT2D eigenvalue weighted by atomic mass is 15.2. The van der Waals surface area contributed by atoms with Crippen molar-refractivity contribution in [2.75, 3.05) is 24.5 Å². The molecule has 0 aliphatic rings. The van der Waals surface area contributed by atoms with E-state index in [0.29, 0.717) is 12.0 Å². The molecule has 0 amide bonds. The van der Waals surface area contributed by atoms with E-state index in [0.717, 1.165) is 19.6 Å². The molecule has 1 rings (SSSR count). The van der Waals surface area contributed by atoms with Gasteiger partial charge >= 0.3 is 0 Å². The first-order chi connectivity index (χ1) is 9.08. The van der Waals surface area contributed by atoms with E-state index in [1.54, 1.807) is 0 Å². The number of aryl methyl sites for hydroxylation is 1. The molecule has 0 radical (unpaired) electrons. The predicted octanol–water partition coefficient (Wildman–Crippen LogP) is 3.85. The molecule has 1 N–H and O–H groups in total. The van der Waals surface area contributed by atoms with Gasteiger partial charge in [0, 0.05) is 24.8 Å². The molecular weight excluding hydrogens is 232 g/mol. The number of hydrogen-bond acceptors (Lipinski definition) is 2. The molecule has 1 unspecified atom stereocenters. The molecule has 19 heavy (non-hydrogen) atoms. The Labute approximate surface area is 119 Å². The zero-order valence-corrected chi connectivity index (χ0v) is 13.2. The Kier molecular flexibility index (Phi) is 6.93. The summed E-state index contributed by atoms with van der Waals surface area (Å²) >= 11 is 0. The summed E-state index contributed by atoms with van der Waals surface area (Å²) in [5.41, 5.74) is 2.65. The Balaban J connectivity index is 2.70. The maximum atomic E-state index is 3.67. The van der Waals surface area contributed by atoms with Crippen molar-refractivity contribution in [2.45, 2.75) is 47.1 Å². The number of benzene rings is 1. The highest BCUT2D eigenvalue weighted by molar-refractivity contribution is 5.47. The fraction of sp³-hybridized carbons (Fsp3) is 0.647. The van der Waals surface area contributed by atoms with Crippen LogP contribution in [0.3, 0.4) is 0 Å². The number of anilines is 1. The minimum absolute atomic E-state index is 0.557.